The molecule has 0 bridgehead atoms. The highest BCUT2D eigenvalue weighted by molar-refractivity contribution is 5.81. The van der Waals surface area contributed by atoms with Crippen LogP contribution in [-0.4, -0.2) is 23.8 Å². The zero-order valence-electron chi connectivity index (χ0n) is 12.8. The fraction of sp³-hybridized carbons (Fsp3) is 0.611. The predicted molar refractivity (Wildman–Crippen MR) is 83.5 cm³/mol. The van der Waals surface area contributed by atoms with Crippen molar-refractivity contribution in [3.05, 3.63) is 35.9 Å². The molecule has 0 N–H and O–H groups in total. The summed E-state index contributed by atoms with van der Waals surface area (Å²) < 4.78 is 0. The zero-order valence-corrected chi connectivity index (χ0v) is 12.8. The van der Waals surface area contributed by atoms with Crippen LogP contribution in [-0.2, 0) is 11.3 Å². The quantitative estimate of drug-likeness (QED) is 0.783. The third-order valence-corrected chi connectivity index (χ3v) is 4.62. The lowest BCUT2D eigenvalue weighted by Gasteiger charge is -2.31. The molecule has 0 saturated heterocycles. The van der Waals surface area contributed by atoms with Crippen molar-refractivity contribution < 1.29 is 4.79 Å². The highest BCUT2D eigenvalue weighted by atomic mass is 16.1. The molecule has 0 heterocycles. The van der Waals surface area contributed by atoms with Crippen LogP contribution in [0.4, 0.5) is 0 Å². The van der Waals surface area contributed by atoms with Crippen LogP contribution in [0, 0.1) is 11.8 Å². The molecular formula is C18H27NO. The van der Waals surface area contributed by atoms with Crippen molar-refractivity contribution in [1.29, 1.82) is 0 Å². The molecule has 1 aromatic carbocycles. The second kappa shape index (κ2) is 7.58. The molecule has 20 heavy (non-hydrogen) atoms. The van der Waals surface area contributed by atoms with Gasteiger partial charge in [0.15, 0.2) is 0 Å². The number of ketones is 1. The summed E-state index contributed by atoms with van der Waals surface area (Å²) in [6, 6.07) is 10.6. The van der Waals surface area contributed by atoms with Gasteiger partial charge in [-0.25, -0.2) is 0 Å². The molecule has 0 amide bonds. The van der Waals surface area contributed by atoms with Gasteiger partial charge >= 0.3 is 0 Å². The maximum Gasteiger partial charge on any atom is 0.137 e. The van der Waals surface area contributed by atoms with Gasteiger partial charge in [-0.1, -0.05) is 50.6 Å². The van der Waals surface area contributed by atoms with Gasteiger partial charge in [-0.05, 0) is 30.9 Å². The van der Waals surface area contributed by atoms with Gasteiger partial charge in [0, 0.05) is 25.4 Å². The van der Waals surface area contributed by atoms with E-state index in [1.165, 1.54) is 12.0 Å². The molecule has 2 rings (SSSR count). The lowest BCUT2D eigenvalue weighted by molar-refractivity contribution is -0.126. The van der Waals surface area contributed by atoms with Crippen LogP contribution in [0.25, 0.3) is 0 Å². The summed E-state index contributed by atoms with van der Waals surface area (Å²) in [5.74, 6) is 1.51. The Morgan fingerprint density at radius 2 is 1.95 bits per heavy atom. The summed E-state index contributed by atoms with van der Waals surface area (Å²) in [5.41, 5.74) is 1.34. The maximum atomic E-state index is 12.1. The Balaban J connectivity index is 1.93. The molecule has 2 unspecified atom stereocenters. The minimum absolute atomic E-state index is 0.261. The number of nitrogens with zero attached hydrogens (tertiary/aromatic N) is 1. The monoisotopic (exact) mass is 273 g/mol. The first kappa shape index (κ1) is 15.2. The molecule has 1 aromatic rings. The van der Waals surface area contributed by atoms with Gasteiger partial charge in [-0.2, -0.15) is 0 Å². The highest BCUT2D eigenvalue weighted by Crippen LogP contribution is 2.29. The second-order valence-corrected chi connectivity index (χ2v) is 6.03. The molecule has 110 valence electrons. The number of hydrogen-bond acceptors (Lipinski definition) is 2. The van der Waals surface area contributed by atoms with Crippen molar-refractivity contribution in [2.24, 2.45) is 11.8 Å². The molecule has 0 aromatic heterocycles. The van der Waals surface area contributed by atoms with E-state index < -0.39 is 0 Å². The number of benzene rings is 1. The molecule has 1 fully saturated rings. The molecule has 2 atom stereocenters. The van der Waals surface area contributed by atoms with Gasteiger partial charge in [0.05, 0.1) is 0 Å². The summed E-state index contributed by atoms with van der Waals surface area (Å²) in [4.78, 5) is 14.5. The topological polar surface area (TPSA) is 20.3 Å². The number of Topliss-reactive ketones (excluding diaryl/α,β-unsaturated/α-hetero) is 1. The number of carbonyl (C=O) groups is 1. The van der Waals surface area contributed by atoms with Crippen LogP contribution in [0.3, 0.4) is 0 Å². The molecule has 1 aliphatic rings. The van der Waals surface area contributed by atoms with E-state index in [1.54, 1.807) is 0 Å². The summed E-state index contributed by atoms with van der Waals surface area (Å²) in [6.07, 6.45) is 4.22. The fourth-order valence-electron chi connectivity index (χ4n) is 3.21. The van der Waals surface area contributed by atoms with Crippen LogP contribution in [0.5, 0.6) is 0 Å². The first-order chi connectivity index (χ1) is 9.72. The van der Waals surface area contributed by atoms with Crippen molar-refractivity contribution in [2.45, 2.75) is 46.1 Å². The van der Waals surface area contributed by atoms with E-state index in [0.717, 1.165) is 44.8 Å². The fourth-order valence-corrected chi connectivity index (χ4v) is 3.21. The van der Waals surface area contributed by atoms with E-state index >= 15 is 0 Å². The van der Waals surface area contributed by atoms with Crippen LogP contribution >= 0.6 is 0 Å². The van der Waals surface area contributed by atoms with Gasteiger partial charge in [0.2, 0.25) is 0 Å². The maximum absolute atomic E-state index is 12.1. The third kappa shape index (κ3) is 4.17. The van der Waals surface area contributed by atoms with Crippen LogP contribution < -0.4 is 0 Å². The standard InChI is InChI=1S/C18H27NO/c1-3-15-10-11-18(20)17(12-15)14-19(4-2)13-16-8-6-5-7-9-16/h5-9,15,17H,3-4,10-14H2,1-2H3. The van der Waals surface area contributed by atoms with Gasteiger partial charge < -0.3 is 0 Å². The Labute approximate surface area is 123 Å². The Morgan fingerprint density at radius 1 is 1.20 bits per heavy atom. The highest BCUT2D eigenvalue weighted by Gasteiger charge is 2.28. The van der Waals surface area contributed by atoms with Gasteiger partial charge in [0.25, 0.3) is 0 Å². The van der Waals surface area contributed by atoms with Crippen molar-refractivity contribution in [1.82, 2.24) is 4.90 Å². The van der Waals surface area contributed by atoms with Gasteiger partial charge in [-0.3, -0.25) is 9.69 Å². The lowest BCUT2D eigenvalue weighted by Crippen LogP contribution is -2.36. The Hall–Kier alpha value is -1.15. The lowest BCUT2D eigenvalue weighted by atomic mass is 9.79. The largest absolute Gasteiger partial charge is 0.299 e. The molecule has 0 spiro atoms. The van der Waals surface area contributed by atoms with E-state index in [9.17, 15) is 4.79 Å². The van der Waals surface area contributed by atoms with Crippen molar-refractivity contribution in [3.8, 4) is 0 Å². The van der Waals surface area contributed by atoms with Gasteiger partial charge in [0.1, 0.15) is 5.78 Å². The minimum atomic E-state index is 0.261. The predicted octanol–water partition coefficient (Wildman–Crippen LogP) is 3.90. The van der Waals surface area contributed by atoms with Crippen molar-refractivity contribution >= 4 is 5.78 Å². The summed E-state index contributed by atoms with van der Waals surface area (Å²) >= 11 is 0. The van der Waals surface area contributed by atoms with E-state index in [-0.39, 0.29) is 5.92 Å². The number of carbonyl (C=O) groups excluding carboxylic acids is 1. The average Bonchev–Trinajstić information content (AvgIpc) is 2.49. The molecule has 0 aliphatic heterocycles. The zero-order chi connectivity index (χ0) is 14.4. The number of rotatable bonds is 6. The number of hydrogen-bond donors (Lipinski definition) is 0. The summed E-state index contributed by atoms with van der Waals surface area (Å²) in [6.45, 7) is 7.33. The molecule has 2 nitrogen and oxygen atoms in total. The van der Waals surface area contributed by atoms with Crippen LogP contribution in [0.2, 0.25) is 0 Å². The van der Waals surface area contributed by atoms with Gasteiger partial charge in [-0.15, -0.1) is 0 Å². The first-order valence-electron chi connectivity index (χ1n) is 8.01. The molecule has 1 aliphatic carbocycles. The average molecular weight is 273 g/mol. The van der Waals surface area contributed by atoms with Crippen LogP contribution in [0.1, 0.15) is 45.1 Å². The van der Waals surface area contributed by atoms with E-state index in [1.807, 2.05) is 0 Å². The minimum Gasteiger partial charge on any atom is -0.299 e. The van der Waals surface area contributed by atoms with E-state index in [4.69, 9.17) is 0 Å². The Bertz CT molecular complexity index is 415. The SMILES string of the molecule is CCC1CCC(=O)C(CN(CC)Cc2ccccc2)C1. The van der Waals surface area contributed by atoms with Crippen LogP contribution in [0.15, 0.2) is 30.3 Å². The smallest absolute Gasteiger partial charge is 0.137 e. The molecule has 0 radical (unpaired) electrons. The van der Waals surface area contributed by atoms with E-state index in [0.29, 0.717) is 5.78 Å². The summed E-state index contributed by atoms with van der Waals surface area (Å²) in [7, 11) is 0. The second-order valence-electron chi connectivity index (χ2n) is 6.03. The van der Waals surface area contributed by atoms with Crippen molar-refractivity contribution in [3.63, 3.8) is 0 Å². The molecule has 1 saturated carbocycles. The Morgan fingerprint density at radius 3 is 2.60 bits per heavy atom. The summed E-state index contributed by atoms with van der Waals surface area (Å²) in [5, 5.41) is 0. The third-order valence-electron chi connectivity index (χ3n) is 4.62. The van der Waals surface area contributed by atoms with Crippen molar-refractivity contribution in [2.75, 3.05) is 13.1 Å². The normalized spacial score (nSPS) is 23.2. The molecule has 2 heteroatoms. The Kier molecular flexibility index (Phi) is 5.78. The first-order valence-corrected chi connectivity index (χ1v) is 8.01. The van der Waals surface area contributed by atoms with E-state index in [2.05, 4.69) is 49.1 Å². The molecular weight excluding hydrogens is 246 g/mol.